The van der Waals surface area contributed by atoms with Crippen LogP contribution in [0.15, 0.2) is 24.5 Å². The van der Waals surface area contributed by atoms with Crippen LogP contribution in [0.25, 0.3) is 11.1 Å². The van der Waals surface area contributed by atoms with Crippen LogP contribution >= 0.6 is 23.2 Å². The predicted octanol–water partition coefficient (Wildman–Crippen LogP) is 6.01. The lowest BCUT2D eigenvalue weighted by molar-refractivity contribution is 0.0699. The Morgan fingerprint density at radius 1 is 1.03 bits per heavy atom. The van der Waals surface area contributed by atoms with E-state index in [1.807, 2.05) is 0 Å². The zero-order valence-corrected chi connectivity index (χ0v) is 22.4. The van der Waals surface area contributed by atoms with Crippen LogP contribution in [0.1, 0.15) is 51.1 Å². The fourth-order valence-corrected chi connectivity index (χ4v) is 5.65. The molecule has 0 spiro atoms. The smallest absolute Gasteiger partial charge is 0.152 e. The van der Waals surface area contributed by atoms with Crippen LogP contribution in [0.4, 0.5) is 5.69 Å². The Labute approximate surface area is 219 Å². The summed E-state index contributed by atoms with van der Waals surface area (Å²) < 4.78 is 10.7. The lowest BCUT2D eigenvalue weighted by Crippen LogP contribution is -2.41. The Bertz CT molecular complexity index is 947. The standard InChI is InChI=1S/C27H38Cl2N4O2/c1-18(17-34-2)33-22-5-3-19(4-6-22)11-23-13-24(25(28)16-30-23)21-12-26(27(29)32-15-21)31-14-20-7-9-35-10-8-20/h12-13,15-16,18-20,22,31,33H,3-11,14,17H2,1-2H3/t18-,19?,22?/m1/s1. The van der Waals surface area contributed by atoms with E-state index in [1.165, 1.54) is 25.7 Å². The average Bonchev–Trinajstić information content (AvgIpc) is 2.87. The van der Waals surface area contributed by atoms with E-state index < -0.39 is 0 Å². The van der Waals surface area contributed by atoms with Gasteiger partial charge in [0.05, 0.1) is 17.3 Å². The number of nitrogens with zero attached hydrogens (tertiary/aromatic N) is 2. The molecule has 2 aliphatic rings. The van der Waals surface area contributed by atoms with Crippen LogP contribution in [-0.2, 0) is 15.9 Å². The topological polar surface area (TPSA) is 68.3 Å². The number of rotatable bonds is 10. The highest BCUT2D eigenvalue weighted by Crippen LogP contribution is 2.34. The van der Waals surface area contributed by atoms with Gasteiger partial charge in [-0.1, -0.05) is 23.2 Å². The van der Waals surface area contributed by atoms with Gasteiger partial charge in [0.25, 0.3) is 0 Å². The molecular weight excluding hydrogens is 483 g/mol. The van der Waals surface area contributed by atoms with Crippen LogP contribution in [-0.4, -0.2) is 55.5 Å². The number of halogens is 2. The molecule has 2 N–H and O–H groups in total. The molecule has 8 heteroatoms. The van der Waals surface area contributed by atoms with Gasteiger partial charge in [-0.2, -0.15) is 0 Å². The zero-order valence-electron chi connectivity index (χ0n) is 20.9. The van der Waals surface area contributed by atoms with Crippen molar-refractivity contribution in [3.05, 3.63) is 40.4 Å². The highest BCUT2D eigenvalue weighted by Gasteiger charge is 2.23. The quantitative estimate of drug-likeness (QED) is 0.373. The minimum absolute atomic E-state index is 0.395. The van der Waals surface area contributed by atoms with Gasteiger partial charge in [-0.15, -0.1) is 0 Å². The molecule has 2 aromatic heterocycles. The van der Waals surface area contributed by atoms with Crippen molar-refractivity contribution in [1.29, 1.82) is 0 Å². The largest absolute Gasteiger partial charge is 0.383 e. The Morgan fingerprint density at radius 2 is 1.80 bits per heavy atom. The fraction of sp³-hybridized carbons (Fsp3) is 0.630. The molecule has 3 heterocycles. The van der Waals surface area contributed by atoms with Crippen LogP contribution in [0.5, 0.6) is 0 Å². The van der Waals surface area contributed by atoms with E-state index in [2.05, 4.69) is 39.7 Å². The minimum atomic E-state index is 0.395. The van der Waals surface area contributed by atoms with Gasteiger partial charge in [-0.3, -0.25) is 4.98 Å². The summed E-state index contributed by atoms with van der Waals surface area (Å²) in [5, 5.41) is 8.31. The third kappa shape index (κ3) is 7.77. The number of anilines is 1. The van der Waals surface area contributed by atoms with Crippen molar-refractivity contribution < 1.29 is 9.47 Å². The summed E-state index contributed by atoms with van der Waals surface area (Å²) in [6, 6.07) is 5.15. The molecule has 1 aliphatic heterocycles. The van der Waals surface area contributed by atoms with E-state index in [0.717, 1.165) is 68.1 Å². The molecule has 4 rings (SSSR count). The number of hydrogen-bond acceptors (Lipinski definition) is 6. The summed E-state index contributed by atoms with van der Waals surface area (Å²) >= 11 is 13.0. The number of aromatic nitrogens is 2. The van der Waals surface area contributed by atoms with Crippen molar-refractivity contribution in [2.75, 3.05) is 38.8 Å². The third-order valence-corrected chi connectivity index (χ3v) is 7.87. The monoisotopic (exact) mass is 520 g/mol. The molecule has 1 saturated carbocycles. The lowest BCUT2D eigenvalue weighted by Gasteiger charge is -2.31. The normalized spacial score (nSPS) is 22.2. The molecule has 2 aromatic rings. The first kappa shape index (κ1) is 26.6. The van der Waals surface area contributed by atoms with Crippen molar-refractivity contribution >= 4 is 28.9 Å². The molecule has 0 aromatic carbocycles. The van der Waals surface area contributed by atoms with Gasteiger partial charge in [0.1, 0.15) is 0 Å². The molecule has 0 amide bonds. The van der Waals surface area contributed by atoms with Gasteiger partial charge in [-0.25, -0.2) is 4.98 Å². The van der Waals surface area contributed by atoms with Crippen LogP contribution in [0.3, 0.4) is 0 Å². The molecule has 1 atom stereocenters. The van der Waals surface area contributed by atoms with Gasteiger partial charge in [0.2, 0.25) is 0 Å². The van der Waals surface area contributed by atoms with Crippen molar-refractivity contribution in [3.8, 4) is 11.1 Å². The second kappa shape index (κ2) is 13.2. The molecule has 0 bridgehead atoms. The highest BCUT2D eigenvalue weighted by molar-refractivity contribution is 6.33. The van der Waals surface area contributed by atoms with Crippen molar-refractivity contribution in [1.82, 2.24) is 15.3 Å². The first-order valence-corrected chi connectivity index (χ1v) is 13.6. The van der Waals surface area contributed by atoms with Crippen LogP contribution in [0.2, 0.25) is 10.2 Å². The number of methoxy groups -OCH3 is 1. The first-order valence-electron chi connectivity index (χ1n) is 12.9. The summed E-state index contributed by atoms with van der Waals surface area (Å²) in [5.74, 6) is 1.24. The Kier molecular flexibility index (Phi) is 10.0. The number of nitrogens with one attached hydrogen (secondary N) is 2. The molecule has 2 fully saturated rings. The molecule has 0 unspecified atom stereocenters. The van der Waals surface area contributed by atoms with E-state index in [4.69, 9.17) is 32.7 Å². The molecule has 1 aliphatic carbocycles. The van der Waals surface area contributed by atoms with Crippen molar-refractivity contribution in [2.24, 2.45) is 11.8 Å². The summed E-state index contributed by atoms with van der Waals surface area (Å²) in [4.78, 5) is 9.08. The molecule has 0 radical (unpaired) electrons. The number of pyridine rings is 2. The molecule has 1 saturated heterocycles. The molecule has 192 valence electrons. The SMILES string of the molecule is COC[C@@H](C)NC1CCC(Cc2cc(-c3cnc(Cl)c(NCC4CCOCC4)c3)c(Cl)cn2)CC1. The van der Waals surface area contributed by atoms with Gasteiger partial charge in [-0.05, 0) is 75.8 Å². The van der Waals surface area contributed by atoms with Crippen molar-refractivity contribution in [2.45, 2.75) is 64.0 Å². The Balaban J connectivity index is 1.37. The minimum Gasteiger partial charge on any atom is -0.383 e. The fourth-order valence-electron chi connectivity index (χ4n) is 5.27. The summed E-state index contributed by atoms with van der Waals surface area (Å²) in [5.41, 5.74) is 3.84. The van der Waals surface area contributed by atoms with E-state index in [-0.39, 0.29) is 0 Å². The van der Waals surface area contributed by atoms with Crippen molar-refractivity contribution in [3.63, 3.8) is 0 Å². The van der Waals surface area contributed by atoms with E-state index in [0.29, 0.717) is 34.1 Å². The predicted molar refractivity (Wildman–Crippen MR) is 143 cm³/mol. The van der Waals surface area contributed by atoms with Gasteiger partial charge >= 0.3 is 0 Å². The first-order chi connectivity index (χ1) is 17.0. The average molecular weight is 522 g/mol. The zero-order chi connectivity index (χ0) is 24.6. The van der Waals surface area contributed by atoms with Crippen LogP contribution in [0, 0.1) is 11.8 Å². The molecule has 6 nitrogen and oxygen atoms in total. The maximum atomic E-state index is 6.58. The maximum absolute atomic E-state index is 6.58. The number of ether oxygens (including phenoxy) is 2. The van der Waals surface area contributed by atoms with E-state index in [1.54, 1.807) is 19.5 Å². The van der Waals surface area contributed by atoms with E-state index >= 15 is 0 Å². The third-order valence-electron chi connectivity index (χ3n) is 7.27. The maximum Gasteiger partial charge on any atom is 0.152 e. The second-order valence-corrected chi connectivity index (χ2v) is 10.9. The Hall–Kier alpha value is -1.44. The van der Waals surface area contributed by atoms with E-state index in [9.17, 15) is 0 Å². The van der Waals surface area contributed by atoms with Gasteiger partial charge in [0, 0.05) is 68.2 Å². The van der Waals surface area contributed by atoms with Gasteiger partial charge < -0.3 is 20.1 Å². The number of hydrogen-bond donors (Lipinski definition) is 2. The van der Waals surface area contributed by atoms with Gasteiger partial charge in [0.15, 0.2) is 5.15 Å². The summed E-state index contributed by atoms with van der Waals surface area (Å²) in [6.07, 6.45) is 11.5. The summed E-state index contributed by atoms with van der Waals surface area (Å²) in [7, 11) is 1.76. The lowest BCUT2D eigenvalue weighted by atomic mass is 9.83. The summed E-state index contributed by atoms with van der Waals surface area (Å²) in [6.45, 7) is 5.47. The highest BCUT2D eigenvalue weighted by atomic mass is 35.5. The molecular formula is C27H38Cl2N4O2. The van der Waals surface area contributed by atoms with Crippen LogP contribution < -0.4 is 10.6 Å². The molecule has 35 heavy (non-hydrogen) atoms. The Morgan fingerprint density at radius 3 is 2.54 bits per heavy atom. The second-order valence-electron chi connectivity index (χ2n) is 10.1.